The maximum Gasteiger partial charge on any atom is 0.516 e. The van der Waals surface area contributed by atoms with Gasteiger partial charge in [0.25, 0.3) is 0 Å². The van der Waals surface area contributed by atoms with Gasteiger partial charge in [0.2, 0.25) is 11.4 Å². The van der Waals surface area contributed by atoms with Crippen LogP contribution in [-0.4, -0.2) is 28.3 Å². The zero-order valence-corrected chi connectivity index (χ0v) is 12.6. The number of ether oxygens (including phenoxy) is 2. The summed E-state index contributed by atoms with van der Waals surface area (Å²) in [6, 6.07) is 1.06. The highest BCUT2D eigenvalue weighted by Gasteiger charge is 2.58. The van der Waals surface area contributed by atoms with Gasteiger partial charge >= 0.3 is 19.0 Å². The average molecular weight is 376 g/mol. The number of aromatic nitrogens is 2. The van der Waals surface area contributed by atoms with Gasteiger partial charge in [0.1, 0.15) is 0 Å². The predicted molar refractivity (Wildman–Crippen MR) is 66.1 cm³/mol. The Morgan fingerprint density at radius 3 is 2.24 bits per heavy atom. The number of alkyl halides is 7. The highest BCUT2D eigenvalue weighted by atomic mass is 19.4. The van der Waals surface area contributed by atoms with Crippen molar-refractivity contribution in [2.75, 3.05) is 0 Å². The molecule has 1 aliphatic heterocycles. The van der Waals surface area contributed by atoms with E-state index >= 15 is 0 Å². The first kappa shape index (κ1) is 19.1. The van der Waals surface area contributed by atoms with Crippen LogP contribution in [0.2, 0.25) is 0 Å². The lowest BCUT2D eigenvalue weighted by atomic mass is 9.97. The number of rotatable bonds is 6. The van der Waals surface area contributed by atoms with Crippen molar-refractivity contribution in [3.8, 4) is 0 Å². The molecule has 140 valence electrons. The molecule has 2 heterocycles. The van der Waals surface area contributed by atoms with E-state index < -0.39 is 42.1 Å². The predicted octanol–water partition coefficient (Wildman–Crippen LogP) is 4.24. The normalized spacial score (nSPS) is 21.7. The molecule has 0 spiro atoms. The van der Waals surface area contributed by atoms with Crippen LogP contribution in [-0.2, 0) is 15.7 Å². The second-order valence-corrected chi connectivity index (χ2v) is 5.14. The van der Waals surface area contributed by atoms with Crippen LogP contribution in [0, 0.1) is 5.92 Å². The van der Waals surface area contributed by atoms with E-state index in [9.17, 15) is 30.7 Å². The van der Waals surface area contributed by atoms with Crippen LogP contribution in [0.15, 0.2) is 40.1 Å². The first-order chi connectivity index (χ1) is 11.4. The van der Waals surface area contributed by atoms with E-state index in [1.807, 2.05) is 0 Å². The number of nitrogens with zero attached hydrogens (tertiary/aromatic N) is 4. The van der Waals surface area contributed by atoms with Crippen LogP contribution in [0.3, 0.4) is 0 Å². The molecule has 0 amide bonds. The Hall–Kier alpha value is -2.18. The zero-order chi connectivity index (χ0) is 19.0. The van der Waals surface area contributed by atoms with E-state index in [-0.39, 0.29) is 4.68 Å². The zero-order valence-electron chi connectivity index (χ0n) is 12.6. The summed E-state index contributed by atoms with van der Waals surface area (Å²) in [5.74, 6) is -2.91. The lowest BCUT2D eigenvalue weighted by molar-refractivity contribution is -0.312. The van der Waals surface area contributed by atoms with Crippen molar-refractivity contribution in [2.24, 2.45) is 16.1 Å². The summed E-state index contributed by atoms with van der Waals surface area (Å²) in [6.45, 7) is -1.35. The van der Waals surface area contributed by atoms with Crippen molar-refractivity contribution in [3.05, 3.63) is 29.9 Å². The molecule has 0 fully saturated rings. The molecule has 13 heteroatoms. The summed E-state index contributed by atoms with van der Waals surface area (Å²) >= 11 is 0. The van der Waals surface area contributed by atoms with Gasteiger partial charge in [-0.1, -0.05) is 13.8 Å². The van der Waals surface area contributed by atoms with Crippen LogP contribution in [0.1, 0.15) is 13.8 Å². The number of hydrogen-bond donors (Lipinski definition) is 0. The fourth-order valence-electron chi connectivity index (χ4n) is 2.01. The molecule has 0 saturated carbocycles. The van der Waals surface area contributed by atoms with Gasteiger partial charge < -0.3 is 4.74 Å². The van der Waals surface area contributed by atoms with E-state index in [0.29, 0.717) is 6.20 Å². The summed E-state index contributed by atoms with van der Waals surface area (Å²) < 4.78 is 101. The van der Waals surface area contributed by atoms with Crippen molar-refractivity contribution in [1.29, 1.82) is 0 Å². The van der Waals surface area contributed by atoms with Gasteiger partial charge in [-0.25, -0.2) is 0 Å². The molecular weight excluding hydrogens is 365 g/mol. The fraction of sp³-hybridized carbons (Fsp3) is 0.583. The van der Waals surface area contributed by atoms with E-state index in [2.05, 4.69) is 24.8 Å². The molecule has 0 aromatic carbocycles. The summed E-state index contributed by atoms with van der Waals surface area (Å²) in [5.41, 5.74) is -4.86. The van der Waals surface area contributed by atoms with Crippen LogP contribution >= 0.6 is 0 Å². The smallest absolute Gasteiger partial charge is 0.410 e. The standard InChI is InChI=1S/C12H11F7N4O2/c1-6(2)10(25-9(13)14)8(7(21-22-10)11(15,16)17)24-12(18,19)23-5-3-4-20-23/h3-6,9H,1-2H3. The van der Waals surface area contributed by atoms with Gasteiger partial charge in [0, 0.05) is 18.3 Å². The van der Waals surface area contributed by atoms with Crippen molar-refractivity contribution >= 4 is 0 Å². The van der Waals surface area contributed by atoms with Crippen molar-refractivity contribution in [3.63, 3.8) is 0 Å². The average Bonchev–Trinajstić information content (AvgIpc) is 3.06. The minimum atomic E-state index is -5.29. The fourth-order valence-corrected chi connectivity index (χ4v) is 2.01. The van der Waals surface area contributed by atoms with E-state index in [4.69, 9.17) is 0 Å². The molecule has 25 heavy (non-hydrogen) atoms. The molecule has 1 atom stereocenters. The minimum Gasteiger partial charge on any atom is -0.410 e. The molecule has 6 nitrogen and oxygen atoms in total. The molecule has 1 aromatic heterocycles. The molecule has 0 aliphatic carbocycles. The molecule has 0 bridgehead atoms. The lowest BCUT2D eigenvalue weighted by Gasteiger charge is -2.32. The maximum atomic E-state index is 14.1. The molecule has 0 radical (unpaired) electrons. The second kappa shape index (κ2) is 6.28. The van der Waals surface area contributed by atoms with Crippen LogP contribution in [0.25, 0.3) is 0 Å². The van der Waals surface area contributed by atoms with Crippen molar-refractivity contribution < 1.29 is 40.2 Å². The monoisotopic (exact) mass is 376 g/mol. The molecule has 0 N–H and O–H groups in total. The Labute approximate surface area is 135 Å². The molecule has 1 aromatic rings. The first-order valence-corrected chi connectivity index (χ1v) is 6.68. The maximum absolute atomic E-state index is 14.1. The Balaban J connectivity index is 2.56. The molecule has 0 saturated heterocycles. The topological polar surface area (TPSA) is 61.0 Å². The Bertz CT molecular complexity index is 670. The van der Waals surface area contributed by atoms with E-state index in [0.717, 1.165) is 26.1 Å². The van der Waals surface area contributed by atoms with Gasteiger partial charge in [0.15, 0.2) is 5.76 Å². The number of allylic oxidation sites excluding steroid dienone is 1. The van der Waals surface area contributed by atoms with Gasteiger partial charge in [-0.05, 0) is 6.07 Å². The Morgan fingerprint density at radius 1 is 1.16 bits per heavy atom. The van der Waals surface area contributed by atoms with Gasteiger partial charge in [-0.15, -0.1) is 19.0 Å². The molecule has 2 rings (SSSR count). The molecule has 1 aliphatic rings. The van der Waals surface area contributed by atoms with Crippen molar-refractivity contribution in [2.45, 2.75) is 38.6 Å². The van der Waals surface area contributed by atoms with Crippen LogP contribution in [0.4, 0.5) is 30.7 Å². The molecular formula is C12H11F7N4O2. The first-order valence-electron chi connectivity index (χ1n) is 6.68. The third kappa shape index (κ3) is 3.60. The van der Waals surface area contributed by atoms with Gasteiger partial charge in [-0.2, -0.15) is 31.7 Å². The van der Waals surface area contributed by atoms with E-state index in [1.165, 1.54) is 0 Å². The number of hydrogen-bond acceptors (Lipinski definition) is 5. The summed E-state index contributed by atoms with van der Waals surface area (Å²) in [4.78, 5) is 0. The summed E-state index contributed by atoms with van der Waals surface area (Å²) in [5, 5.41) is 8.92. The Morgan fingerprint density at radius 2 is 1.80 bits per heavy atom. The van der Waals surface area contributed by atoms with E-state index in [1.54, 1.807) is 0 Å². The highest BCUT2D eigenvalue weighted by Crippen LogP contribution is 2.48. The van der Waals surface area contributed by atoms with Crippen LogP contribution in [0.5, 0.6) is 0 Å². The number of azo groups is 1. The third-order valence-corrected chi connectivity index (χ3v) is 3.15. The van der Waals surface area contributed by atoms with Gasteiger partial charge in [0.05, 0.1) is 0 Å². The SMILES string of the molecule is CC(C)C1(OC(F)F)N=NC(C(F)(F)F)=C1OC(F)(F)n1cccn1. The quantitative estimate of drug-likeness (QED) is 0.698. The highest BCUT2D eigenvalue weighted by molar-refractivity contribution is 5.26. The second-order valence-electron chi connectivity index (χ2n) is 5.14. The molecule has 1 unspecified atom stereocenters. The third-order valence-electron chi connectivity index (χ3n) is 3.15. The Kier molecular flexibility index (Phi) is 4.81. The number of halogens is 7. The largest absolute Gasteiger partial charge is 0.516 e. The summed E-state index contributed by atoms with van der Waals surface area (Å²) in [7, 11) is 0. The summed E-state index contributed by atoms with van der Waals surface area (Å²) in [6.07, 6.45) is -8.09. The van der Waals surface area contributed by atoms with Crippen LogP contribution < -0.4 is 0 Å². The lowest BCUT2D eigenvalue weighted by Crippen LogP contribution is -2.43. The van der Waals surface area contributed by atoms with Gasteiger partial charge in [-0.3, -0.25) is 4.74 Å². The van der Waals surface area contributed by atoms with Crippen molar-refractivity contribution in [1.82, 2.24) is 9.78 Å². The minimum absolute atomic E-state index is 0.0974.